The first-order chi connectivity index (χ1) is 23.5. The molecule has 16 heteroatoms. The Labute approximate surface area is 285 Å². The summed E-state index contributed by atoms with van der Waals surface area (Å²) in [6.45, 7) is 3.04. The first kappa shape index (κ1) is 39.0. The fraction of sp³-hybridized carbons (Fsp3) is 0.485. The summed E-state index contributed by atoms with van der Waals surface area (Å²) in [6, 6.07) is 17.1. The van der Waals surface area contributed by atoms with Crippen LogP contribution in [0.15, 0.2) is 54.6 Å². The highest BCUT2D eigenvalue weighted by Gasteiger charge is 2.21. The van der Waals surface area contributed by atoms with E-state index in [2.05, 4.69) is 16.1 Å². The van der Waals surface area contributed by atoms with Gasteiger partial charge in [0.1, 0.15) is 0 Å². The lowest BCUT2D eigenvalue weighted by Gasteiger charge is -2.32. The zero-order chi connectivity index (χ0) is 35.4. The Kier molecular flexibility index (Phi) is 17.1. The predicted molar refractivity (Wildman–Crippen MR) is 178 cm³/mol. The van der Waals surface area contributed by atoms with Gasteiger partial charge in [0.15, 0.2) is 0 Å². The van der Waals surface area contributed by atoms with Gasteiger partial charge in [0.05, 0.1) is 39.3 Å². The zero-order valence-corrected chi connectivity index (χ0v) is 27.6. The highest BCUT2D eigenvalue weighted by molar-refractivity contribution is 5.78. The number of nitrogens with one attached hydrogen (secondary N) is 3. The van der Waals surface area contributed by atoms with E-state index in [0.29, 0.717) is 58.9 Å². The lowest BCUT2D eigenvalue weighted by molar-refractivity contribution is -0.140. The van der Waals surface area contributed by atoms with Crippen molar-refractivity contribution in [2.24, 2.45) is 0 Å². The maximum Gasteiger partial charge on any atom is 0.317 e. The molecule has 0 atom stereocenters. The van der Waals surface area contributed by atoms with E-state index in [1.165, 1.54) is 0 Å². The van der Waals surface area contributed by atoms with Crippen LogP contribution in [-0.2, 0) is 48.5 Å². The van der Waals surface area contributed by atoms with Crippen molar-refractivity contribution in [3.8, 4) is 0 Å². The molecule has 3 rings (SSSR count). The molecular formula is C33H47N7O9. The summed E-state index contributed by atoms with van der Waals surface area (Å²) in [5.74, 6) is -3.57. The molecule has 268 valence electrons. The van der Waals surface area contributed by atoms with Gasteiger partial charge in [-0.25, -0.2) is 5.48 Å². The Hall–Kier alpha value is -4.45. The molecular weight excluding hydrogens is 638 g/mol. The molecule has 16 nitrogen and oxygen atoms in total. The van der Waals surface area contributed by atoms with E-state index in [0.717, 1.165) is 16.7 Å². The minimum atomic E-state index is -1.02. The summed E-state index contributed by atoms with van der Waals surface area (Å²) in [4.78, 5) is 71.5. The molecule has 0 radical (unpaired) electrons. The Morgan fingerprint density at radius 3 is 1.43 bits per heavy atom. The third kappa shape index (κ3) is 17.0. The Balaban J connectivity index is 1.46. The van der Waals surface area contributed by atoms with Crippen molar-refractivity contribution in [1.29, 1.82) is 0 Å². The number of hydroxylamine groups is 1. The normalized spacial score (nSPS) is 15.8. The van der Waals surface area contributed by atoms with E-state index in [-0.39, 0.29) is 57.7 Å². The Morgan fingerprint density at radius 2 is 0.980 bits per heavy atom. The summed E-state index contributed by atoms with van der Waals surface area (Å²) in [6.07, 6.45) is 0. The first-order valence-corrected chi connectivity index (χ1v) is 16.1. The number of aliphatic carboxylic acids is 3. The quantitative estimate of drug-likeness (QED) is 0.112. The maximum absolute atomic E-state index is 13.0. The largest absolute Gasteiger partial charge is 0.480 e. The van der Waals surface area contributed by atoms with Crippen LogP contribution in [0.5, 0.6) is 0 Å². The number of carboxylic acid groups (broad SMARTS) is 3. The highest BCUT2D eigenvalue weighted by atomic mass is 16.6. The molecule has 2 amide bonds. The number of benzene rings is 2. The van der Waals surface area contributed by atoms with Crippen LogP contribution >= 0.6 is 0 Å². The van der Waals surface area contributed by atoms with Crippen LogP contribution in [0.4, 0.5) is 0 Å². The van der Waals surface area contributed by atoms with Gasteiger partial charge >= 0.3 is 17.9 Å². The molecule has 49 heavy (non-hydrogen) atoms. The second kappa shape index (κ2) is 21.5. The van der Waals surface area contributed by atoms with Gasteiger partial charge in [-0.3, -0.25) is 48.4 Å². The van der Waals surface area contributed by atoms with E-state index < -0.39 is 17.9 Å². The van der Waals surface area contributed by atoms with E-state index >= 15 is 0 Å². The summed E-state index contributed by atoms with van der Waals surface area (Å²) in [5, 5.41) is 34.1. The topological polar surface area (TPSA) is 204 Å². The fourth-order valence-electron chi connectivity index (χ4n) is 5.15. The minimum absolute atomic E-state index is 0.0338. The standard InChI is InChI=1S/C33H47N7O9/c41-29(36-49-25-28-4-2-1-3-5-28)20-34-18-26-6-8-27(9-7-26)19-35-30(42)21-37-10-12-38(22-31(43)44)14-16-40(24-33(47)48)17-15-39(13-11-37)23-32(45)46/h1-9,34H,10-25H2,(H,35,42)(H,36,41)(H,43,44)(H,45,46)(H,47,48). The summed E-state index contributed by atoms with van der Waals surface area (Å²) < 4.78 is 0. The van der Waals surface area contributed by atoms with E-state index in [1.54, 1.807) is 14.7 Å². The molecule has 0 aliphatic carbocycles. The third-order valence-electron chi connectivity index (χ3n) is 7.77. The Bertz CT molecular complexity index is 1320. The number of rotatable bonds is 17. The maximum atomic E-state index is 13.0. The number of amides is 2. The molecule has 1 heterocycles. The number of carbonyl (C=O) groups is 5. The van der Waals surface area contributed by atoms with Crippen LogP contribution in [0.2, 0.25) is 0 Å². The van der Waals surface area contributed by atoms with Crippen molar-refractivity contribution >= 4 is 29.7 Å². The monoisotopic (exact) mass is 685 g/mol. The lowest BCUT2D eigenvalue weighted by Crippen LogP contribution is -2.49. The number of carbonyl (C=O) groups excluding carboxylic acids is 2. The molecule has 0 aromatic heterocycles. The first-order valence-electron chi connectivity index (χ1n) is 16.1. The van der Waals surface area contributed by atoms with Crippen molar-refractivity contribution in [1.82, 2.24) is 35.7 Å². The van der Waals surface area contributed by atoms with Gasteiger partial charge in [-0.1, -0.05) is 54.6 Å². The van der Waals surface area contributed by atoms with Crippen molar-refractivity contribution in [2.45, 2.75) is 19.7 Å². The average Bonchev–Trinajstić information content (AvgIpc) is 3.05. The SMILES string of the molecule is O=C(O)CN1CCN(CC(=O)O)CCN(CC(=O)NCc2ccc(CNCC(=O)NOCc3ccccc3)cc2)CCN(CC(=O)O)CC1. The van der Waals surface area contributed by atoms with E-state index in [4.69, 9.17) is 4.84 Å². The zero-order valence-electron chi connectivity index (χ0n) is 27.6. The molecule has 1 fully saturated rings. The molecule has 6 N–H and O–H groups in total. The minimum Gasteiger partial charge on any atom is -0.480 e. The van der Waals surface area contributed by atoms with Crippen molar-refractivity contribution in [3.05, 3.63) is 71.3 Å². The van der Waals surface area contributed by atoms with Crippen molar-refractivity contribution in [2.75, 3.05) is 85.1 Å². The fourth-order valence-corrected chi connectivity index (χ4v) is 5.15. The number of carboxylic acids is 3. The van der Waals surface area contributed by atoms with E-state index in [9.17, 15) is 39.3 Å². The molecule has 1 aliphatic rings. The number of nitrogens with zero attached hydrogens (tertiary/aromatic N) is 4. The summed E-state index contributed by atoms with van der Waals surface area (Å²) >= 11 is 0. The van der Waals surface area contributed by atoms with Crippen molar-refractivity contribution < 1.29 is 44.1 Å². The van der Waals surface area contributed by atoms with Gasteiger partial charge in [-0.15, -0.1) is 0 Å². The average molecular weight is 686 g/mol. The summed E-state index contributed by atoms with van der Waals surface area (Å²) in [5.41, 5.74) is 5.19. The Morgan fingerprint density at radius 1 is 0.551 bits per heavy atom. The third-order valence-corrected chi connectivity index (χ3v) is 7.77. The molecule has 0 saturated carbocycles. The van der Waals surface area contributed by atoms with Gasteiger partial charge < -0.3 is 26.0 Å². The predicted octanol–water partition coefficient (Wildman–Crippen LogP) is -0.884. The van der Waals surface area contributed by atoms with Gasteiger partial charge in [-0.2, -0.15) is 0 Å². The van der Waals surface area contributed by atoms with Crippen LogP contribution in [0.3, 0.4) is 0 Å². The molecule has 0 bridgehead atoms. The van der Waals surface area contributed by atoms with Crippen LogP contribution < -0.4 is 16.1 Å². The highest BCUT2D eigenvalue weighted by Crippen LogP contribution is 2.05. The van der Waals surface area contributed by atoms with Crippen LogP contribution in [0.1, 0.15) is 16.7 Å². The van der Waals surface area contributed by atoms with Gasteiger partial charge in [0.2, 0.25) is 5.91 Å². The molecule has 0 spiro atoms. The lowest BCUT2D eigenvalue weighted by atomic mass is 10.1. The van der Waals surface area contributed by atoms with Crippen LogP contribution in [-0.4, -0.2) is 150 Å². The van der Waals surface area contributed by atoms with Gasteiger partial charge in [0.25, 0.3) is 5.91 Å². The smallest absolute Gasteiger partial charge is 0.317 e. The number of hydrogen-bond acceptors (Lipinski definition) is 11. The van der Waals surface area contributed by atoms with Gasteiger partial charge in [0, 0.05) is 65.4 Å². The number of hydrogen-bond donors (Lipinski definition) is 6. The second-order valence-corrected chi connectivity index (χ2v) is 11.8. The second-order valence-electron chi connectivity index (χ2n) is 11.8. The molecule has 0 unspecified atom stereocenters. The van der Waals surface area contributed by atoms with Crippen LogP contribution in [0.25, 0.3) is 0 Å². The summed E-state index contributed by atoms with van der Waals surface area (Å²) in [7, 11) is 0. The molecule has 2 aromatic rings. The molecule has 1 saturated heterocycles. The molecule has 2 aromatic carbocycles. The molecule has 1 aliphatic heterocycles. The van der Waals surface area contributed by atoms with Crippen molar-refractivity contribution in [3.63, 3.8) is 0 Å². The van der Waals surface area contributed by atoms with E-state index in [1.807, 2.05) is 59.5 Å². The van der Waals surface area contributed by atoms with Crippen LogP contribution in [0, 0.1) is 0 Å². The van der Waals surface area contributed by atoms with Gasteiger partial charge in [-0.05, 0) is 16.7 Å².